The molecule has 2 aromatic heterocycles. The number of nitrogens with zero attached hydrogens (tertiary/aromatic N) is 3. The van der Waals surface area contributed by atoms with Gasteiger partial charge in [0.1, 0.15) is 18.4 Å². The number of thiocarbonyl (C=S) groups is 1. The first kappa shape index (κ1) is 24.1. The van der Waals surface area contributed by atoms with Crippen LogP contribution in [0.3, 0.4) is 0 Å². The van der Waals surface area contributed by atoms with Crippen molar-refractivity contribution in [1.82, 2.24) is 14.9 Å². The van der Waals surface area contributed by atoms with Crippen molar-refractivity contribution < 1.29 is 14.2 Å². The molecule has 0 saturated carbocycles. The predicted molar refractivity (Wildman–Crippen MR) is 140 cm³/mol. The van der Waals surface area contributed by atoms with E-state index in [1.54, 1.807) is 7.11 Å². The molecule has 4 heterocycles. The molecular formula is C26H29ClN4O3S. The molecule has 3 atom stereocenters. The molecule has 3 aromatic rings. The first-order valence-electron chi connectivity index (χ1n) is 11.8. The first-order valence-corrected chi connectivity index (χ1v) is 12.6. The topological polar surface area (TPSA) is 60.8 Å². The number of anilines is 1. The Bertz CT molecular complexity index is 1150. The van der Waals surface area contributed by atoms with Crippen LogP contribution in [-0.2, 0) is 16.0 Å². The average Bonchev–Trinajstić information content (AvgIpc) is 3.62. The zero-order chi connectivity index (χ0) is 24.2. The normalized spacial score (nSPS) is 21.9. The number of hydrogen-bond acceptors (Lipinski definition) is 5. The fraction of sp³-hybridized carbons (Fsp3) is 0.385. The summed E-state index contributed by atoms with van der Waals surface area (Å²) < 4.78 is 19.0. The van der Waals surface area contributed by atoms with Crippen LogP contribution in [0.1, 0.15) is 36.3 Å². The monoisotopic (exact) mass is 512 g/mol. The molecule has 0 aliphatic carbocycles. The van der Waals surface area contributed by atoms with E-state index in [1.807, 2.05) is 42.6 Å². The number of methoxy groups -OCH3 is 1. The maximum atomic E-state index is 6.61. The molecule has 184 valence electrons. The molecule has 1 aromatic carbocycles. The van der Waals surface area contributed by atoms with Crippen LogP contribution in [0.25, 0.3) is 0 Å². The number of rotatable bonds is 9. The highest BCUT2D eigenvalue weighted by molar-refractivity contribution is 7.80. The van der Waals surface area contributed by atoms with E-state index < -0.39 is 0 Å². The van der Waals surface area contributed by atoms with Gasteiger partial charge in [0.05, 0.1) is 29.5 Å². The Labute approximate surface area is 215 Å². The van der Waals surface area contributed by atoms with Gasteiger partial charge < -0.3 is 29.0 Å². The Hall–Kier alpha value is -2.65. The highest BCUT2D eigenvalue weighted by Crippen LogP contribution is 2.43. The minimum Gasteiger partial charge on any atom is -0.490 e. The van der Waals surface area contributed by atoms with E-state index in [-0.39, 0.29) is 18.2 Å². The molecule has 0 spiro atoms. The molecule has 2 saturated heterocycles. The minimum absolute atomic E-state index is 0.120. The number of nitrogens with one attached hydrogen (secondary N) is 1. The molecule has 35 heavy (non-hydrogen) atoms. The third-order valence-corrected chi connectivity index (χ3v) is 7.04. The van der Waals surface area contributed by atoms with E-state index in [0.29, 0.717) is 29.1 Å². The number of aromatic nitrogens is 2. The van der Waals surface area contributed by atoms with E-state index in [2.05, 4.69) is 38.1 Å². The Balaban J connectivity index is 1.51. The second kappa shape index (κ2) is 11.0. The van der Waals surface area contributed by atoms with Crippen LogP contribution in [-0.4, -0.2) is 47.7 Å². The maximum absolute atomic E-state index is 6.61. The average molecular weight is 513 g/mol. The van der Waals surface area contributed by atoms with Gasteiger partial charge in [-0.05, 0) is 67.5 Å². The summed E-state index contributed by atoms with van der Waals surface area (Å²) in [6, 6.07) is 15.7. The van der Waals surface area contributed by atoms with Crippen LogP contribution < -0.4 is 15.0 Å². The van der Waals surface area contributed by atoms with E-state index >= 15 is 0 Å². The molecule has 2 aliphatic rings. The van der Waals surface area contributed by atoms with Crippen LogP contribution in [0, 0.1) is 0 Å². The lowest BCUT2D eigenvalue weighted by Crippen LogP contribution is -2.31. The summed E-state index contributed by atoms with van der Waals surface area (Å²) in [6.07, 6.45) is 6.34. The first-order chi connectivity index (χ1) is 17.2. The standard InChI is InChI=1S/C26H29ClN4O3S/c1-32-14-15-34-23-10-9-18(16-20(23)27)31-25(24(29-26(31)35)21-7-2-3-11-28-21)22-8-4-12-30(22)17-19-6-5-13-33-19/h2-4,7-12,16,19,24-25H,5-6,13-15,17H2,1H3,(H,29,35)/t19-,24+,25-/m0/s1. The summed E-state index contributed by atoms with van der Waals surface area (Å²) in [5.74, 6) is 0.616. The Morgan fingerprint density at radius 2 is 2.11 bits per heavy atom. The van der Waals surface area contributed by atoms with Gasteiger partial charge in [0.2, 0.25) is 0 Å². The lowest BCUT2D eigenvalue weighted by Gasteiger charge is -2.29. The van der Waals surface area contributed by atoms with Crippen molar-refractivity contribution in [2.75, 3.05) is 31.8 Å². The zero-order valence-electron chi connectivity index (χ0n) is 19.6. The van der Waals surface area contributed by atoms with Gasteiger partial charge in [0.25, 0.3) is 0 Å². The molecule has 7 nitrogen and oxygen atoms in total. The van der Waals surface area contributed by atoms with E-state index in [9.17, 15) is 0 Å². The van der Waals surface area contributed by atoms with Crippen molar-refractivity contribution in [3.8, 4) is 5.75 Å². The number of halogens is 1. The summed E-state index contributed by atoms with van der Waals surface area (Å²) in [7, 11) is 1.64. The Morgan fingerprint density at radius 1 is 1.20 bits per heavy atom. The molecule has 2 aliphatic heterocycles. The van der Waals surface area contributed by atoms with Gasteiger partial charge >= 0.3 is 0 Å². The number of ether oxygens (including phenoxy) is 3. The van der Waals surface area contributed by atoms with Gasteiger partial charge in [-0.2, -0.15) is 0 Å². The third-order valence-electron chi connectivity index (χ3n) is 6.43. The lowest BCUT2D eigenvalue weighted by atomic mass is 10.0. The van der Waals surface area contributed by atoms with Crippen LogP contribution in [0.4, 0.5) is 5.69 Å². The summed E-state index contributed by atoms with van der Waals surface area (Å²) in [6.45, 7) is 2.56. The van der Waals surface area contributed by atoms with Crippen LogP contribution in [0.15, 0.2) is 60.9 Å². The van der Waals surface area contributed by atoms with Gasteiger partial charge in [-0.3, -0.25) is 4.98 Å². The Kier molecular flexibility index (Phi) is 7.53. The minimum atomic E-state index is -0.127. The molecule has 0 unspecified atom stereocenters. The molecular weight excluding hydrogens is 484 g/mol. The number of pyridine rings is 1. The van der Waals surface area contributed by atoms with Crippen molar-refractivity contribution in [2.45, 2.75) is 37.6 Å². The SMILES string of the molecule is COCCOc1ccc(N2C(=S)N[C@H](c3ccccn3)[C@@H]2c2cccn2C[C@@H]2CCCO2)cc1Cl. The quantitative estimate of drug-likeness (QED) is 0.322. The highest BCUT2D eigenvalue weighted by atomic mass is 35.5. The predicted octanol–water partition coefficient (Wildman–Crippen LogP) is 4.92. The van der Waals surface area contributed by atoms with Crippen LogP contribution in [0.2, 0.25) is 5.02 Å². The van der Waals surface area contributed by atoms with Crippen molar-refractivity contribution in [1.29, 1.82) is 0 Å². The summed E-state index contributed by atoms with van der Waals surface area (Å²) >= 11 is 12.5. The molecule has 9 heteroatoms. The van der Waals surface area contributed by atoms with Gasteiger partial charge in [0.15, 0.2) is 5.11 Å². The van der Waals surface area contributed by atoms with Gasteiger partial charge in [-0.1, -0.05) is 17.7 Å². The summed E-state index contributed by atoms with van der Waals surface area (Å²) in [5.41, 5.74) is 2.96. The summed E-state index contributed by atoms with van der Waals surface area (Å²) in [5, 5.41) is 4.66. The molecule has 5 rings (SSSR count). The smallest absolute Gasteiger partial charge is 0.174 e. The van der Waals surface area contributed by atoms with Crippen LogP contribution in [0.5, 0.6) is 5.75 Å². The van der Waals surface area contributed by atoms with E-state index in [4.69, 9.17) is 38.0 Å². The lowest BCUT2D eigenvalue weighted by molar-refractivity contribution is 0.0961. The van der Waals surface area contributed by atoms with Gasteiger partial charge in [-0.15, -0.1) is 0 Å². The van der Waals surface area contributed by atoms with Gasteiger partial charge in [0, 0.05) is 44.0 Å². The summed E-state index contributed by atoms with van der Waals surface area (Å²) in [4.78, 5) is 6.78. The van der Waals surface area contributed by atoms with Crippen molar-refractivity contribution in [3.05, 3.63) is 77.3 Å². The largest absolute Gasteiger partial charge is 0.490 e. The molecule has 2 fully saturated rings. The van der Waals surface area contributed by atoms with Crippen molar-refractivity contribution >= 4 is 34.6 Å². The van der Waals surface area contributed by atoms with E-state index in [1.165, 1.54) is 0 Å². The second-order valence-corrected chi connectivity index (χ2v) is 9.47. The van der Waals surface area contributed by atoms with Crippen LogP contribution >= 0.6 is 23.8 Å². The number of benzene rings is 1. The van der Waals surface area contributed by atoms with Crippen molar-refractivity contribution in [3.63, 3.8) is 0 Å². The highest BCUT2D eigenvalue weighted by Gasteiger charge is 2.42. The fourth-order valence-electron chi connectivity index (χ4n) is 4.79. The molecule has 0 radical (unpaired) electrons. The molecule has 0 bridgehead atoms. The maximum Gasteiger partial charge on any atom is 0.174 e. The fourth-order valence-corrected chi connectivity index (χ4v) is 5.37. The van der Waals surface area contributed by atoms with E-state index in [0.717, 1.165) is 43.1 Å². The Morgan fingerprint density at radius 3 is 2.86 bits per heavy atom. The molecule has 0 amide bonds. The molecule has 1 N–H and O–H groups in total. The number of hydrogen-bond donors (Lipinski definition) is 1. The van der Waals surface area contributed by atoms with Crippen molar-refractivity contribution in [2.24, 2.45) is 0 Å². The second-order valence-electron chi connectivity index (χ2n) is 8.67. The zero-order valence-corrected chi connectivity index (χ0v) is 21.2. The van der Waals surface area contributed by atoms with Gasteiger partial charge in [-0.25, -0.2) is 0 Å². The third kappa shape index (κ3) is 5.16.